The van der Waals surface area contributed by atoms with Crippen molar-refractivity contribution in [2.45, 2.75) is 19.4 Å². The van der Waals surface area contributed by atoms with Gasteiger partial charge in [-0.15, -0.1) is 0 Å². The third-order valence-electron chi connectivity index (χ3n) is 6.28. The van der Waals surface area contributed by atoms with Crippen LogP contribution in [0.5, 0.6) is 0 Å². The van der Waals surface area contributed by atoms with E-state index >= 15 is 0 Å². The first-order chi connectivity index (χ1) is 18.0. The number of nitrogens with zero attached hydrogens (tertiary/aromatic N) is 4. The van der Waals surface area contributed by atoms with E-state index in [0.717, 1.165) is 11.3 Å². The number of aromatic nitrogens is 4. The Morgan fingerprint density at radius 1 is 0.973 bits per heavy atom. The molecule has 0 radical (unpaired) electrons. The Bertz CT molecular complexity index is 1610. The highest BCUT2D eigenvalue weighted by Crippen LogP contribution is 2.20. The van der Waals surface area contributed by atoms with Gasteiger partial charge in [0.2, 0.25) is 0 Å². The number of amides is 1. The Labute approximate surface area is 213 Å². The number of aryl methyl sites for hydroxylation is 1. The fourth-order valence-corrected chi connectivity index (χ4v) is 4.33. The van der Waals surface area contributed by atoms with Crippen LogP contribution in [-0.4, -0.2) is 44.4 Å². The summed E-state index contributed by atoms with van der Waals surface area (Å²) in [5.41, 5.74) is 3.24. The van der Waals surface area contributed by atoms with Gasteiger partial charge < -0.3 is 4.90 Å². The van der Waals surface area contributed by atoms with E-state index in [1.165, 1.54) is 16.8 Å². The highest BCUT2D eigenvalue weighted by Gasteiger charge is 2.20. The number of carbonyl (C=O) groups excluding carboxylic acids is 1. The van der Waals surface area contributed by atoms with Crippen LogP contribution >= 0.6 is 0 Å². The first kappa shape index (κ1) is 24.1. The fraction of sp³-hybridized carbons (Fsp3) is 0.172. The maximum atomic E-state index is 13.5. The van der Waals surface area contributed by atoms with Crippen LogP contribution < -0.4 is 5.56 Å². The van der Waals surface area contributed by atoms with Gasteiger partial charge in [-0.05, 0) is 42.7 Å². The predicted octanol–water partition coefficient (Wildman–Crippen LogP) is 4.68. The summed E-state index contributed by atoms with van der Waals surface area (Å²) in [7, 11) is 1.73. The summed E-state index contributed by atoms with van der Waals surface area (Å²) in [4.78, 5) is 28.1. The summed E-state index contributed by atoms with van der Waals surface area (Å²) in [5.74, 6) is -0.554. The largest absolute Gasteiger partial charge is 0.340 e. The lowest BCUT2D eigenvalue weighted by Crippen LogP contribution is -2.33. The highest BCUT2D eigenvalue weighted by atomic mass is 19.1. The predicted molar refractivity (Wildman–Crippen MR) is 141 cm³/mol. The molecule has 2 heterocycles. The van der Waals surface area contributed by atoms with Crippen molar-refractivity contribution >= 4 is 16.7 Å². The molecule has 5 aromatic rings. The molecule has 3 aromatic carbocycles. The van der Waals surface area contributed by atoms with E-state index in [1.54, 1.807) is 42.3 Å². The molecule has 37 heavy (non-hydrogen) atoms. The van der Waals surface area contributed by atoms with Gasteiger partial charge in [-0.3, -0.25) is 14.7 Å². The standard InChI is InChI=1S/C29H26FN5O2/c1-34(16-8-13-23-18-26(32-31-23)21-11-7-12-22(30)17-21)29(37)27-24-14-5-6-15-25(24)28(36)35(33-27)19-20-9-3-2-4-10-20/h2-7,9-12,14-15,17-18H,8,13,16,19H2,1H3,(H,31,32). The van der Waals surface area contributed by atoms with Gasteiger partial charge in [-0.1, -0.05) is 60.7 Å². The van der Waals surface area contributed by atoms with E-state index in [1.807, 2.05) is 42.5 Å². The van der Waals surface area contributed by atoms with E-state index in [2.05, 4.69) is 15.3 Å². The highest BCUT2D eigenvalue weighted by molar-refractivity contribution is 6.04. The van der Waals surface area contributed by atoms with Crippen molar-refractivity contribution in [2.24, 2.45) is 0 Å². The molecule has 186 valence electrons. The Kier molecular flexibility index (Phi) is 6.89. The third-order valence-corrected chi connectivity index (χ3v) is 6.28. The molecule has 0 aliphatic carbocycles. The van der Waals surface area contributed by atoms with E-state index in [4.69, 9.17) is 0 Å². The Hall–Kier alpha value is -4.59. The van der Waals surface area contributed by atoms with Gasteiger partial charge in [-0.25, -0.2) is 9.07 Å². The van der Waals surface area contributed by atoms with Crippen LogP contribution in [0, 0.1) is 5.82 Å². The molecule has 8 heteroatoms. The smallest absolute Gasteiger partial charge is 0.274 e. The van der Waals surface area contributed by atoms with Gasteiger partial charge in [0.15, 0.2) is 5.69 Å². The van der Waals surface area contributed by atoms with E-state index in [0.29, 0.717) is 41.4 Å². The van der Waals surface area contributed by atoms with Gasteiger partial charge in [0.1, 0.15) is 5.82 Å². The molecule has 1 N–H and O–H groups in total. The summed E-state index contributed by atoms with van der Waals surface area (Å²) < 4.78 is 14.9. The molecular weight excluding hydrogens is 469 g/mol. The SMILES string of the molecule is CN(CCCc1cc(-c2cccc(F)c2)n[nH]1)C(=O)c1nn(Cc2ccccc2)c(=O)c2ccccc12. The topological polar surface area (TPSA) is 83.9 Å². The van der Waals surface area contributed by atoms with Gasteiger partial charge in [0, 0.05) is 30.2 Å². The number of H-pyrrole nitrogens is 1. The lowest BCUT2D eigenvalue weighted by Gasteiger charge is -2.18. The molecule has 0 saturated carbocycles. The first-order valence-corrected chi connectivity index (χ1v) is 12.1. The fourth-order valence-electron chi connectivity index (χ4n) is 4.33. The summed E-state index contributed by atoms with van der Waals surface area (Å²) in [6.45, 7) is 0.767. The average molecular weight is 496 g/mol. The zero-order chi connectivity index (χ0) is 25.8. The van der Waals surface area contributed by atoms with Gasteiger partial charge in [-0.2, -0.15) is 10.2 Å². The quantitative estimate of drug-likeness (QED) is 0.339. The van der Waals surface area contributed by atoms with Crippen LogP contribution in [0.1, 0.15) is 28.2 Å². The second-order valence-corrected chi connectivity index (χ2v) is 8.96. The maximum Gasteiger partial charge on any atom is 0.274 e. The molecular formula is C29H26FN5O2. The van der Waals surface area contributed by atoms with Crippen molar-refractivity contribution in [2.75, 3.05) is 13.6 Å². The first-order valence-electron chi connectivity index (χ1n) is 12.1. The monoisotopic (exact) mass is 495 g/mol. The van der Waals surface area contributed by atoms with Crippen LogP contribution in [0.2, 0.25) is 0 Å². The zero-order valence-electron chi connectivity index (χ0n) is 20.4. The minimum absolute atomic E-state index is 0.230. The molecule has 0 aliphatic heterocycles. The van der Waals surface area contributed by atoms with E-state index in [9.17, 15) is 14.0 Å². The molecule has 0 fully saturated rings. The maximum absolute atomic E-state index is 13.5. The number of halogens is 1. The lowest BCUT2D eigenvalue weighted by atomic mass is 10.1. The number of hydrogen-bond donors (Lipinski definition) is 1. The number of fused-ring (bicyclic) bond motifs is 1. The molecule has 5 rings (SSSR count). The Morgan fingerprint density at radius 3 is 2.51 bits per heavy atom. The molecule has 1 amide bonds. The van der Waals surface area contributed by atoms with Gasteiger partial charge in [0.25, 0.3) is 11.5 Å². The number of carbonyl (C=O) groups is 1. The summed E-state index contributed by atoms with van der Waals surface area (Å²) in [5, 5.41) is 12.8. The average Bonchev–Trinajstić information content (AvgIpc) is 3.39. The number of aromatic amines is 1. The zero-order valence-corrected chi connectivity index (χ0v) is 20.4. The molecule has 0 spiro atoms. The van der Waals surface area contributed by atoms with Crippen molar-refractivity contribution in [1.29, 1.82) is 0 Å². The van der Waals surface area contributed by atoms with E-state index < -0.39 is 0 Å². The minimum Gasteiger partial charge on any atom is -0.340 e. The summed E-state index contributed by atoms with van der Waals surface area (Å²) in [6, 6.07) is 24.8. The third kappa shape index (κ3) is 5.33. The Morgan fingerprint density at radius 2 is 1.73 bits per heavy atom. The van der Waals surface area contributed by atoms with Crippen molar-refractivity contribution in [3.8, 4) is 11.3 Å². The van der Waals surface area contributed by atoms with Crippen LogP contribution in [0.4, 0.5) is 4.39 Å². The van der Waals surface area contributed by atoms with Crippen molar-refractivity contribution in [3.63, 3.8) is 0 Å². The van der Waals surface area contributed by atoms with Gasteiger partial charge >= 0.3 is 0 Å². The number of benzene rings is 3. The molecule has 2 aromatic heterocycles. The molecule has 0 bridgehead atoms. The van der Waals surface area contributed by atoms with Crippen LogP contribution in [0.15, 0.2) is 89.7 Å². The molecule has 0 aliphatic rings. The number of hydrogen-bond acceptors (Lipinski definition) is 4. The normalized spacial score (nSPS) is 11.1. The van der Waals surface area contributed by atoms with Crippen LogP contribution in [0.3, 0.4) is 0 Å². The van der Waals surface area contributed by atoms with Crippen LogP contribution in [-0.2, 0) is 13.0 Å². The minimum atomic E-state index is -0.307. The molecule has 0 unspecified atom stereocenters. The second kappa shape index (κ2) is 10.6. The number of nitrogens with one attached hydrogen (secondary N) is 1. The van der Waals surface area contributed by atoms with Crippen molar-refractivity contribution < 1.29 is 9.18 Å². The number of rotatable bonds is 8. The molecule has 0 atom stereocenters. The summed E-state index contributed by atoms with van der Waals surface area (Å²) in [6.07, 6.45) is 1.36. The van der Waals surface area contributed by atoms with Crippen LogP contribution in [0.25, 0.3) is 22.0 Å². The Balaban J connectivity index is 1.31. The van der Waals surface area contributed by atoms with E-state index in [-0.39, 0.29) is 29.5 Å². The lowest BCUT2D eigenvalue weighted by molar-refractivity contribution is 0.0787. The van der Waals surface area contributed by atoms with Crippen molar-refractivity contribution in [3.05, 3.63) is 118 Å². The molecule has 0 saturated heterocycles. The summed E-state index contributed by atoms with van der Waals surface area (Å²) >= 11 is 0. The second-order valence-electron chi connectivity index (χ2n) is 8.96. The van der Waals surface area contributed by atoms with Gasteiger partial charge in [0.05, 0.1) is 17.6 Å². The molecule has 7 nitrogen and oxygen atoms in total. The van der Waals surface area contributed by atoms with Crippen molar-refractivity contribution in [1.82, 2.24) is 24.9 Å².